The van der Waals surface area contributed by atoms with Gasteiger partial charge < -0.3 is 15.7 Å². The molecule has 2 amide bonds. The molecular formula is C64H47Cl4F14N2O5P. The Bertz CT molecular complexity index is 3600. The first kappa shape index (κ1) is 71.7. The Hall–Kier alpha value is -7.39. The number of carbonyl (C=O) groups excluding carboxylic acids is 4. The molecule has 26 heteroatoms. The molecule has 0 aliphatic heterocycles. The number of Topliss-reactive ketones (excluding diaryl/α,β-unsaturated/α-hetero) is 2. The molecule has 474 valence electrons. The molecule has 0 aliphatic carbocycles. The van der Waals surface area contributed by atoms with Crippen molar-refractivity contribution in [2.24, 2.45) is 0 Å². The van der Waals surface area contributed by atoms with E-state index in [1.165, 1.54) is 94.4 Å². The van der Waals surface area contributed by atoms with Gasteiger partial charge in [-0.25, -0.2) is 8.78 Å². The van der Waals surface area contributed by atoms with E-state index in [1.807, 2.05) is 0 Å². The van der Waals surface area contributed by atoms with Crippen LogP contribution >= 0.6 is 51.3 Å². The molecule has 2 atom stereocenters. The first-order chi connectivity index (χ1) is 41.7. The van der Waals surface area contributed by atoms with E-state index in [0.717, 1.165) is 36.4 Å². The van der Waals surface area contributed by atoms with Gasteiger partial charge in [-0.05, 0) is 180 Å². The largest absolute Gasteiger partial charge is 0.425 e. The lowest BCUT2D eigenvalue weighted by Gasteiger charge is -2.32. The van der Waals surface area contributed by atoms with E-state index in [-0.39, 0.29) is 57.7 Å². The van der Waals surface area contributed by atoms with Gasteiger partial charge in [-0.1, -0.05) is 118 Å². The second-order valence-corrected chi connectivity index (χ2v) is 25.7. The van der Waals surface area contributed by atoms with Crippen molar-refractivity contribution in [1.29, 1.82) is 0 Å². The molecule has 0 fully saturated rings. The van der Waals surface area contributed by atoms with Crippen molar-refractivity contribution in [2.75, 3.05) is 10.6 Å². The normalized spacial score (nSPS) is 13.2. The molecule has 90 heavy (non-hydrogen) atoms. The summed E-state index contributed by atoms with van der Waals surface area (Å²) in [5.41, 5.74) is -4.89. The van der Waals surface area contributed by atoms with E-state index in [2.05, 4.69) is 10.6 Å². The third kappa shape index (κ3) is 17.6. The standard InChI is InChI=1S/C32H23ClF7NO2.C32H24F7NO3.Cl3P/c1-18-14-24(30(33,32(38,39)40)22-8-10-23(11-9-22)31(35,36)37)15-19(2)27(18)17-28(42)21-4-3-5-26(16-21)41-29(43)20-6-12-25(34)13-7-20;1-18-14-24(30(43,32(37,38)39)22-8-10-23(11-9-22)31(34,35)36)15-19(2)27(18)17-28(41)21-4-3-5-26(16-21)40-29(42)20-6-12-25(33)13-7-20;1-4(2)3/h3-16H,17H2,1-2H3,(H,41,43);3-16,43H,17H2,1-2H3,(H,40,42);. The first-order valence-corrected chi connectivity index (χ1v) is 30.5. The van der Waals surface area contributed by atoms with Crippen molar-refractivity contribution in [3.05, 3.63) is 271 Å². The number of benzene rings is 8. The maximum Gasteiger partial charge on any atom is 0.425 e. The second kappa shape index (κ2) is 28.8. The van der Waals surface area contributed by atoms with Gasteiger partial charge in [0.15, 0.2) is 22.4 Å². The van der Waals surface area contributed by atoms with Crippen LogP contribution < -0.4 is 10.6 Å². The minimum absolute atomic E-state index is 0.186. The Kier molecular flexibility index (Phi) is 23.0. The number of aryl methyl sites for hydroxylation is 4. The summed E-state index contributed by atoms with van der Waals surface area (Å²) in [6, 6.07) is 30.9. The first-order valence-electron chi connectivity index (χ1n) is 26.0. The van der Waals surface area contributed by atoms with Crippen LogP contribution in [0, 0.1) is 39.3 Å². The number of rotatable bonds is 14. The van der Waals surface area contributed by atoms with Gasteiger partial charge in [0.05, 0.1) is 11.1 Å². The molecule has 8 aromatic rings. The van der Waals surface area contributed by atoms with Gasteiger partial charge in [-0.3, -0.25) is 19.2 Å². The number of nitrogens with one attached hydrogen (secondary N) is 2. The lowest BCUT2D eigenvalue weighted by Crippen LogP contribution is -2.43. The second-order valence-electron chi connectivity index (χ2n) is 20.2. The van der Waals surface area contributed by atoms with Crippen molar-refractivity contribution in [2.45, 2.75) is 75.7 Å². The van der Waals surface area contributed by atoms with Crippen LogP contribution in [0.15, 0.2) is 170 Å². The number of aliphatic hydroxyl groups is 1. The number of amides is 2. The fourth-order valence-corrected chi connectivity index (χ4v) is 9.64. The maximum absolute atomic E-state index is 14.4. The van der Waals surface area contributed by atoms with E-state index in [4.69, 9.17) is 45.3 Å². The average Bonchev–Trinajstić information content (AvgIpc) is 0.875. The number of hydrogen-bond acceptors (Lipinski definition) is 5. The van der Waals surface area contributed by atoms with Crippen LogP contribution in [-0.2, 0) is 35.7 Å². The number of hydrogen-bond donors (Lipinski definition) is 3. The predicted molar refractivity (Wildman–Crippen MR) is 319 cm³/mol. The van der Waals surface area contributed by atoms with Crippen molar-refractivity contribution < 1.29 is 85.8 Å². The molecule has 0 bridgehead atoms. The van der Waals surface area contributed by atoms with Gasteiger partial charge >= 0.3 is 24.7 Å². The zero-order valence-corrected chi connectivity index (χ0v) is 50.8. The van der Waals surface area contributed by atoms with E-state index >= 15 is 0 Å². The van der Waals surface area contributed by atoms with Crippen LogP contribution in [0.25, 0.3) is 0 Å². The number of ketones is 2. The molecule has 0 radical (unpaired) electrons. The monoisotopic (exact) mass is 1360 g/mol. The van der Waals surface area contributed by atoms with Gasteiger partial charge in [0.1, 0.15) is 11.6 Å². The van der Waals surface area contributed by atoms with E-state index in [9.17, 15) is 85.8 Å². The molecule has 0 saturated heterocycles. The third-order valence-electron chi connectivity index (χ3n) is 14.0. The Morgan fingerprint density at radius 1 is 0.411 bits per heavy atom. The Morgan fingerprint density at radius 2 is 0.722 bits per heavy atom. The van der Waals surface area contributed by atoms with Gasteiger partial charge in [0.2, 0.25) is 5.60 Å². The van der Waals surface area contributed by atoms with Crippen LogP contribution in [-0.4, -0.2) is 40.8 Å². The van der Waals surface area contributed by atoms with Gasteiger partial charge in [-0.2, -0.15) is 52.7 Å². The molecule has 2 unspecified atom stereocenters. The minimum atomic E-state index is -5.29. The highest BCUT2D eigenvalue weighted by molar-refractivity contribution is 8.20. The van der Waals surface area contributed by atoms with Crippen molar-refractivity contribution in [1.82, 2.24) is 0 Å². The molecule has 0 aliphatic rings. The van der Waals surface area contributed by atoms with Crippen LogP contribution in [0.1, 0.15) is 108 Å². The maximum atomic E-state index is 14.4. The number of alkyl halides is 13. The molecule has 8 aromatic carbocycles. The molecule has 8 rings (SSSR count). The molecular weight excluding hydrogens is 1320 g/mol. The summed E-state index contributed by atoms with van der Waals surface area (Å²) in [6.07, 6.45) is -20.3. The molecule has 3 N–H and O–H groups in total. The smallest absolute Gasteiger partial charge is 0.372 e. The van der Waals surface area contributed by atoms with Crippen molar-refractivity contribution in [3.63, 3.8) is 0 Å². The summed E-state index contributed by atoms with van der Waals surface area (Å²) in [7, 11) is 0. The van der Waals surface area contributed by atoms with Crippen molar-refractivity contribution >= 4 is 86.1 Å². The molecule has 0 aromatic heterocycles. The predicted octanol–water partition coefficient (Wildman–Crippen LogP) is 20.1. The molecule has 7 nitrogen and oxygen atoms in total. The van der Waals surface area contributed by atoms with Crippen LogP contribution in [0.5, 0.6) is 0 Å². The lowest BCUT2D eigenvalue weighted by molar-refractivity contribution is -0.248. The quantitative estimate of drug-likeness (QED) is 0.0435. The summed E-state index contributed by atoms with van der Waals surface area (Å²) in [5.74, 6) is -4.06. The highest BCUT2D eigenvalue weighted by atomic mass is 36.0. The summed E-state index contributed by atoms with van der Waals surface area (Å²) in [4.78, 5) is 48.1. The SMILES string of the molecule is Cc1cc(C(Cl)(c2ccc(C(F)(F)F)cc2)C(F)(F)F)cc(C)c1CC(=O)c1cccc(NC(=O)c2ccc(F)cc2)c1.Cc1cc(C(O)(c2ccc(C(F)(F)F)cc2)C(F)(F)F)cc(C)c1CC(=O)c1cccc(NC(=O)c2ccc(F)cc2)c1.ClP(Cl)Cl. The molecule has 0 saturated carbocycles. The fraction of sp³-hybridized carbons (Fsp3) is 0.188. The highest BCUT2D eigenvalue weighted by Gasteiger charge is 2.58. The zero-order chi connectivity index (χ0) is 67.1. The number of anilines is 2. The number of halogens is 18. The van der Waals surface area contributed by atoms with Gasteiger partial charge in [0, 0.05) is 46.5 Å². The minimum Gasteiger partial charge on any atom is -0.372 e. The van der Waals surface area contributed by atoms with Gasteiger partial charge in [0.25, 0.3) is 11.8 Å². The van der Waals surface area contributed by atoms with Crippen LogP contribution in [0.2, 0.25) is 0 Å². The Morgan fingerprint density at radius 3 is 1.03 bits per heavy atom. The van der Waals surface area contributed by atoms with Crippen LogP contribution in [0.3, 0.4) is 0 Å². The lowest BCUT2D eigenvalue weighted by atomic mass is 9.82. The van der Waals surface area contributed by atoms with E-state index in [0.29, 0.717) is 76.5 Å². The Labute approximate surface area is 526 Å². The average molecular weight is 1360 g/mol. The topological polar surface area (TPSA) is 113 Å². The Balaban J connectivity index is 0.000000270. The van der Waals surface area contributed by atoms with Gasteiger partial charge in [-0.15, -0.1) is 0 Å². The number of carbonyl (C=O) groups is 4. The molecule has 0 spiro atoms. The van der Waals surface area contributed by atoms with E-state index in [1.54, 1.807) is 18.2 Å². The summed E-state index contributed by atoms with van der Waals surface area (Å²) >= 11 is 20.8. The zero-order valence-electron chi connectivity index (χ0n) is 46.9. The highest BCUT2D eigenvalue weighted by Crippen LogP contribution is 2.52. The summed E-state index contributed by atoms with van der Waals surface area (Å²) in [5, 5.41) is 16.2. The van der Waals surface area contributed by atoms with Crippen LogP contribution in [0.4, 0.5) is 72.8 Å². The van der Waals surface area contributed by atoms with Crippen molar-refractivity contribution in [3.8, 4) is 0 Å². The fourth-order valence-electron chi connectivity index (χ4n) is 9.40. The molecule has 0 heterocycles. The summed E-state index contributed by atoms with van der Waals surface area (Å²) < 4.78 is 190. The summed E-state index contributed by atoms with van der Waals surface area (Å²) in [6.45, 7) is 5.95. The third-order valence-corrected chi connectivity index (χ3v) is 14.7. The van der Waals surface area contributed by atoms with E-state index < -0.39 is 104 Å².